The predicted octanol–water partition coefficient (Wildman–Crippen LogP) is 11.0. The Morgan fingerprint density at radius 1 is 0.651 bits per heavy atom. The lowest BCUT2D eigenvalue weighted by molar-refractivity contribution is 0.672. The Morgan fingerprint density at radius 2 is 1.40 bits per heavy atom. The fraction of sp³-hybridized carbons (Fsp3) is 0.0500. The first kappa shape index (κ1) is 23.1. The summed E-state index contributed by atoms with van der Waals surface area (Å²) in [5, 5.41) is 7.29. The number of aromatic amines is 1. The number of para-hydroxylation sites is 3. The van der Waals surface area contributed by atoms with Crippen LogP contribution in [0, 0.1) is 0 Å². The minimum Gasteiger partial charge on any atom is -0.454 e. The van der Waals surface area contributed by atoms with Gasteiger partial charge in [0.1, 0.15) is 5.58 Å². The molecule has 10 rings (SSSR count). The first-order valence-corrected chi connectivity index (χ1v) is 15.0. The first-order chi connectivity index (χ1) is 21.3. The van der Waals surface area contributed by atoms with Crippen LogP contribution in [0.3, 0.4) is 0 Å². The summed E-state index contributed by atoms with van der Waals surface area (Å²) in [6.07, 6.45) is 5.64. The largest absolute Gasteiger partial charge is 0.454 e. The van der Waals surface area contributed by atoms with Crippen LogP contribution in [-0.2, 0) is 0 Å². The van der Waals surface area contributed by atoms with Crippen LogP contribution in [0.2, 0.25) is 0 Å². The molecule has 0 fully saturated rings. The number of benzene rings is 6. The van der Waals surface area contributed by atoms with Gasteiger partial charge in [0.05, 0.1) is 5.52 Å². The zero-order valence-corrected chi connectivity index (χ0v) is 23.3. The molecule has 0 bridgehead atoms. The zero-order valence-electron chi connectivity index (χ0n) is 23.3. The molecule has 1 atom stereocenters. The minimum absolute atomic E-state index is 0.325. The molecule has 0 radical (unpaired) electrons. The van der Waals surface area contributed by atoms with Crippen molar-refractivity contribution in [3.05, 3.63) is 150 Å². The average Bonchev–Trinajstić information content (AvgIpc) is 3.75. The number of fused-ring (bicyclic) bond motifs is 13. The topological polar surface area (TPSA) is 32.2 Å². The van der Waals surface area contributed by atoms with E-state index in [-0.39, 0.29) is 0 Å². The van der Waals surface area contributed by atoms with Crippen LogP contribution in [0.4, 0.5) is 11.4 Å². The molecule has 2 aromatic heterocycles. The highest BCUT2D eigenvalue weighted by atomic mass is 16.3. The Hall–Kier alpha value is -5.54. The van der Waals surface area contributed by atoms with Gasteiger partial charge in [0.25, 0.3) is 0 Å². The summed E-state index contributed by atoms with van der Waals surface area (Å²) in [4.78, 5) is 6.18. The Balaban J connectivity index is 1.17. The number of rotatable bonds is 2. The van der Waals surface area contributed by atoms with Gasteiger partial charge in [0, 0.05) is 50.1 Å². The Bertz CT molecular complexity index is 2490. The van der Waals surface area contributed by atoms with Gasteiger partial charge in [-0.25, -0.2) is 0 Å². The summed E-state index contributed by atoms with van der Waals surface area (Å²) < 4.78 is 6.52. The smallest absolute Gasteiger partial charge is 0.160 e. The van der Waals surface area contributed by atoms with Crippen molar-refractivity contribution in [1.82, 2.24) is 4.98 Å². The zero-order chi connectivity index (χ0) is 28.1. The van der Waals surface area contributed by atoms with Crippen molar-refractivity contribution in [2.24, 2.45) is 0 Å². The van der Waals surface area contributed by atoms with Crippen LogP contribution in [0.15, 0.2) is 144 Å². The number of H-pyrrole nitrogens is 1. The number of furan rings is 1. The maximum absolute atomic E-state index is 6.52. The molecule has 6 aromatic carbocycles. The summed E-state index contributed by atoms with van der Waals surface area (Å²) >= 11 is 0. The van der Waals surface area contributed by atoms with Gasteiger partial charge < -0.3 is 14.3 Å². The van der Waals surface area contributed by atoms with Gasteiger partial charge in [-0.1, -0.05) is 91.0 Å². The van der Waals surface area contributed by atoms with Crippen LogP contribution >= 0.6 is 0 Å². The van der Waals surface area contributed by atoms with Crippen LogP contribution in [0.1, 0.15) is 23.5 Å². The van der Waals surface area contributed by atoms with Crippen LogP contribution in [0.5, 0.6) is 0 Å². The number of aromatic nitrogens is 1. The molecular formula is C40H26N2O. The number of hydrogen-bond donors (Lipinski definition) is 1. The summed E-state index contributed by atoms with van der Waals surface area (Å²) in [6, 6.07) is 43.6. The highest BCUT2D eigenvalue weighted by Crippen LogP contribution is 2.53. The van der Waals surface area contributed by atoms with Gasteiger partial charge in [-0.15, -0.1) is 0 Å². The van der Waals surface area contributed by atoms with Crippen molar-refractivity contribution in [3.63, 3.8) is 0 Å². The van der Waals surface area contributed by atoms with E-state index in [4.69, 9.17) is 4.42 Å². The minimum atomic E-state index is 0.325. The molecule has 3 heterocycles. The highest BCUT2D eigenvalue weighted by Gasteiger charge is 2.36. The molecule has 0 amide bonds. The standard InChI is InChI=1S/C40H26N2O/c1-2-10-26(11-3-1)42-34-16-8-6-12-27(34)31-22-25(19-21-35(31)42)24-18-20-33-32(23-24)37-28-13-4-5-14-29(28)38-30-15-7-9-17-36(30)43-40(38)39(37)41-33/h1-21,23,31,41H,22H2/t31-/m0/s1. The third kappa shape index (κ3) is 3.14. The van der Waals surface area contributed by atoms with Crippen LogP contribution < -0.4 is 4.90 Å². The monoisotopic (exact) mass is 550 g/mol. The molecule has 202 valence electrons. The van der Waals surface area contributed by atoms with Gasteiger partial charge in [-0.3, -0.25) is 0 Å². The van der Waals surface area contributed by atoms with Gasteiger partial charge in [0.2, 0.25) is 0 Å². The van der Waals surface area contributed by atoms with Crippen LogP contribution in [-0.4, -0.2) is 4.98 Å². The number of nitrogens with one attached hydrogen (secondary N) is 1. The number of hydrogen-bond acceptors (Lipinski definition) is 2. The normalized spacial score (nSPS) is 16.3. The second kappa shape index (κ2) is 8.50. The Morgan fingerprint density at radius 3 is 2.28 bits per heavy atom. The molecule has 3 nitrogen and oxygen atoms in total. The van der Waals surface area contributed by atoms with E-state index in [9.17, 15) is 0 Å². The lowest BCUT2D eigenvalue weighted by Gasteiger charge is -2.26. The predicted molar refractivity (Wildman–Crippen MR) is 179 cm³/mol. The number of anilines is 2. The summed E-state index contributed by atoms with van der Waals surface area (Å²) in [7, 11) is 0. The van der Waals surface area contributed by atoms with Gasteiger partial charge >= 0.3 is 0 Å². The highest BCUT2D eigenvalue weighted by molar-refractivity contribution is 6.34. The second-order valence-corrected chi connectivity index (χ2v) is 11.8. The van der Waals surface area contributed by atoms with Crippen molar-refractivity contribution in [1.29, 1.82) is 0 Å². The lowest BCUT2D eigenvalue weighted by Crippen LogP contribution is -2.15. The van der Waals surface area contributed by atoms with E-state index < -0.39 is 0 Å². The van der Waals surface area contributed by atoms with Gasteiger partial charge in [-0.2, -0.15) is 0 Å². The van der Waals surface area contributed by atoms with Gasteiger partial charge in [0.15, 0.2) is 5.58 Å². The molecule has 0 saturated heterocycles. The fourth-order valence-corrected chi connectivity index (χ4v) is 7.65. The maximum Gasteiger partial charge on any atom is 0.160 e. The molecular weight excluding hydrogens is 524 g/mol. The van der Waals surface area contributed by atoms with E-state index in [2.05, 4.69) is 137 Å². The Kier molecular flexibility index (Phi) is 4.56. The van der Waals surface area contributed by atoms with Crippen molar-refractivity contribution >= 4 is 71.5 Å². The molecule has 3 heteroatoms. The first-order valence-electron chi connectivity index (χ1n) is 15.0. The fourth-order valence-electron chi connectivity index (χ4n) is 7.65. The van der Waals surface area contributed by atoms with E-state index in [0.717, 1.165) is 34.0 Å². The molecule has 1 aliphatic carbocycles. The summed E-state index contributed by atoms with van der Waals surface area (Å²) in [6.45, 7) is 0. The SMILES string of the molecule is C1=C(c2ccc3[nH]c4c5oc6ccccc6c5c5ccccc5c4c3c2)C[C@@H]2C(=C1)N(c1ccccc1)c1ccccc12. The number of allylic oxidation sites excluding steroid dienone is 4. The van der Waals surface area contributed by atoms with Crippen molar-refractivity contribution in [2.45, 2.75) is 12.3 Å². The van der Waals surface area contributed by atoms with Crippen molar-refractivity contribution in [3.8, 4) is 0 Å². The Labute approximate surface area is 248 Å². The third-order valence-corrected chi connectivity index (χ3v) is 9.52. The molecule has 8 aromatic rings. The van der Waals surface area contributed by atoms with Crippen molar-refractivity contribution in [2.75, 3.05) is 4.90 Å². The van der Waals surface area contributed by atoms with E-state index in [1.807, 2.05) is 6.07 Å². The average molecular weight is 551 g/mol. The quantitative estimate of drug-likeness (QED) is 0.232. The summed E-state index contributed by atoms with van der Waals surface area (Å²) in [5.41, 5.74) is 11.9. The molecule has 1 N–H and O–H groups in total. The van der Waals surface area contributed by atoms with E-state index in [1.54, 1.807) is 0 Å². The van der Waals surface area contributed by atoms with Gasteiger partial charge in [-0.05, 0) is 76.4 Å². The van der Waals surface area contributed by atoms with E-state index >= 15 is 0 Å². The van der Waals surface area contributed by atoms with E-state index in [1.165, 1.54) is 60.7 Å². The lowest BCUT2D eigenvalue weighted by atomic mass is 9.84. The maximum atomic E-state index is 6.52. The molecule has 0 saturated carbocycles. The second-order valence-electron chi connectivity index (χ2n) is 11.8. The molecule has 2 aliphatic rings. The van der Waals surface area contributed by atoms with Crippen LogP contribution in [0.25, 0.3) is 60.1 Å². The molecule has 0 unspecified atom stereocenters. The van der Waals surface area contributed by atoms with E-state index in [0.29, 0.717) is 5.92 Å². The summed E-state index contributed by atoms with van der Waals surface area (Å²) in [5.74, 6) is 0.325. The third-order valence-electron chi connectivity index (χ3n) is 9.52. The van der Waals surface area contributed by atoms with Crippen molar-refractivity contribution < 1.29 is 4.42 Å². The molecule has 43 heavy (non-hydrogen) atoms. The molecule has 1 aliphatic heterocycles. The number of nitrogens with zero attached hydrogens (tertiary/aromatic N) is 1. The molecule has 0 spiro atoms.